The predicted octanol–water partition coefficient (Wildman–Crippen LogP) is 2.85. The van der Waals surface area contributed by atoms with Gasteiger partial charge in [0.2, 0.25) is 0 Å². The molecule has 0 aliphatic carbocycles. The molecule has 0 bridgehead atoms. The molecule has 3 aromatic rings. The third-order valence-electron chi connectivity index (χ3n) is 3.88. The van der Waals surface area contributed by atoms with Crippen LogP contribution in [0.5, 0.6) is 0 Å². The van der Waals surface area contributed by atoms with Crippen molar-refractivity contribution < 1.29 is 8.81 Å². The fraction of sp³-hybridized carbons (Fsp3) is 0.278. The topological polar surface area (TPSA) is 65.3 Å². The lowest BCUT2D eigenvalue weighted by Crippen LogP contribution is -2.39. The molecule has 0 amide bonds. The van der Waals surface area contributed by atoms with Gasteiger partial charge in [-0.1, -0.05) is 0 Å². The Labute approximate surface area is 140 Å². The van der Waals surface area contributed by atoms with Gasteiger partial charge in [-0.3, -0.25) is 4.99 Å². The van der Waals surface area contributed by atoms with E-state index in [1.165, 1.54) is 6.07 Å². The summed E-state index contributed by atoms with van der Waals surface area (Å²) >= 11 is 0. The third-order valence-corrected chi connectivity index (χ3v) is 3.88. The Balaban J connectivity index is 1.48. The van der Waals surface area contributed by atoms with E-state index in [1.54, 1.807) is 25.4 Å². The molecule has 0 atom stereocenters. The molecule has 2 aromatic heterocycles. The molecular weight excluding hydrogens is 307 g/mol. The van der Waals surface area contributed by atoms with Crippen LogP contribution in [0.2, 0.25) is 0 Å². The number of aromatic amines is 1. The molecule has 0 fully saturated rings. The Morgan fingerprint density at radius 3 is 2.79 bits per heavy atom. The van der Waals surface area contributed by atoms with Gasteiger partial charge in [0.05, 0.1) is 6.26 Å². The minimum atomic E-state index is -0.216. The number of aromatic nitrogens is 1. The monoisotopic (exact) mass is 328 g/mol. The average molecular weight is 328 g/mol. The number of nitrogens with zero attached hydrogens (tertiary/aromatic N) is 1. The van der Waals surface area contributed by atoms with Gasteiger partial charge in [0.1, 0.15) is 11.6 Å². The van der Waals surface area contributed by atoms with Crippen LogP contribution >= 0.6 is 0 Å². The van der Waals surface area contributed by atoms with E-state index in [1.807, 2.05) is 18.3 Å². The van der Waals surface area contributed by atoms with Crippen molar-refractivity contribution >= 4 is 16.9 Å². The lowest BCUT2D eigenvalue weighted by molar-refractivity contribution is 0.507. The number of fused-ring (bicyclic) bond motifs is 1. The molecule has 0 radical (unpaired) electrons. The third kappa shape index (κ3) is 3.95. The van der Waals surface area contributed by atoms with E-state index in [0.29, 0.717) is 6.54 Å². The van der Waals surface area contributed by atoms with E-state index in [0.717, 1.165) is 47.6 Å². The summed E-state index contributed by atoms with van der Waals surface area (Å²) in [7, 11) is 1.74. The summed E-state index contributed by atoms with van der Waals surface area (Å²) < 4.78 is 18.7. The quantitative estimate of drug-likeness (QED) is 0.481. The van der Waals surface area contributed by atoms with Gasteiger partial charge < -0.3 is 20.0 Å². The number of guanidine groups is 1. The highest BCUT2D eigenvalue weighted by molar-refractivity contribution is 5.83. The van der Waals surface area contributed by atoms with Crippen molar-refractivity contribution in [2.75, 3.05) is 20.1 Å². The summed E-state index contributed by atoms with van der Waals surface area (Å²) in [6, 6.07) is 8.63. The molecule has 0 saturated heterocycles. The Morgan fingerprint density at radius 1 is 1.21 bits per heavy atom. The van der Waals surface area contributed by atoms with E-state index in [9.17, 15) is 4.39 Å². The van der Waals surface area contributed by atoms with Crippen LogP contribution in [0.3, 0.4) is 0 Å². The first-order valence-corrected chi connectivity index (χ1v) is 7.98. The number of hydrogen-bond acceptors (Lipinski definition) is 2. The molecule has 0 aliphatic rings. The highest BCUT2D eigenvalue weighted by Gasteiger charge is 2.05. The fourth-order valence-corrected chi connectivity index (χ4v) is 2.65. The molecule has 24 heavy (non-hydrogen) atoms. The fourth-order valence-electron chi connectivity index (χ4n) is 2.65. The summed E-state index contributed by atoms with van der Waals surface area (Å²) in [6.45, 7) is 1.45. The van der Waals surface area contributed by atoms with E-state index < -0.39 is 0 Å². The van der Waals surface area contributed by atoms with Crippen molar-refractivity contribution in [1.29, 1.82) is 0 Å². The van der Waals surface area contributed by atoms with E-state index in [-0.39, 0.29) is 5.82 Å². The molecule has 0 aliphatic heterocycles. The van der Waals surface area contributed by atoms with Crippen LogP contribution in [0.4, 0.5) is 4.39 Å². The van der Waals surface area contributed by atoms with Gasteiger partial charge in [-0.05, 0) is 42.3 Å². The lowest BCUT2D eigenvalue weighted by atomic mass is 10.1. The Hall–Kier alpha value is -2.76. The van der Waals surface area contributed by atoms with Crippen LogP contribution in [-0.2, 0) is 12.8 Å². The maximum absolute atomic E-state index is 13.4. The van der Waals surface area contributed by atoms with Gasteiger partial charge in [-0.15, -0.1) is 0 Å². The molecule has 3 rings (SSSR count). The first-order valence-electron chi connectivity index (χ1n) is 7.98. The van der Waals surface area contributed by atoms with Crippen molar-refractivity contribution in [3.8, 4) is 0 Å². The Bertz CT molecular complexity index is 808. The normalized spacial score (nSPS) is 11.8. The van der Waals surface area contributed by atoms with Gasteiger partial charge in [-0.2, -0.15) is 0 Å². The van der Waals surface area contributed by atoms with Crippen LogP contribution in [0.1, 0.15) is 11.3 Å². The number of benzene rings is 1. The van der Waals surface area contributed by atoms with E-state index >= 15 is 0 Å². The molecule has 0 saturated carbocycles. The summed E-state index contributed by atoms with van der Waals surface area (Å²) in [5.74, 6) is 1.47. The second-order valence-electron chi connectivity index (χ2n) is 5.51. The molecule has 126 valence electrons. The van der Waals surface area contributed by atoms with Crippen LogP contribution in [0.15, 0.2) is 52.2 Å². The molecule has 1 aromatic carbocycles. The van der Waals surface area contributed by atoms with Crippen molar-refractivity contribution in [1.82, 2.24) is 15.6 Å². The number of halogens is 1. The molecule has 3 N–H and O–H groups in total. The van der Waals surface area contributed by atoms with Gasteiger partial charge >= 0.3 is 0 Å². The van der Waals surface area contributed by atoms with Crippen molar-refractivity contribution in [2.24, 2.45) is 4.99 Å². The summed E-state index contributed by atoms with van der Waals surface area (Å²) in [6.07, 6.45) is 5.18. The van der Waals surface area contributed by atoms with Crippen molar-refractivity contribution in [2.45, 2.75) is 12.8 Å². The summed E-state index contributed by atoms with van der Waals surface area (Å²) in [5, 5.41) is 7.44. The number of H-pyrrole nitrogens is 1. The average Bonchev–Trinajstić information content (AvgIpc) is 3.23. The minimum absolute atomic E-state index is 0.216. The Morgan fingerprint density at radius 2 is 2.04 bits per heavy atom. The molecule has 6 heteroatoms. The van der Waals surface area contributed by atoms with Crippen LogP contribution in [0.25, 0.3) is 10.9 Å². The smallest absolute Gasteiger partial charge is 0.191 e. The number of nitrogens with one attached hydrogen (secondary N) is 3. The van der Waals surface area contributed by atoms with Crippen molar-refractivity contribution in [3.05, 3.63) is 59.9 Å². The Kier molecular flexibility index (Phi) is 5.15. The molecule has 0 unspecified atom stereocenters. The maximum atomic E-state index is 13.4. The molecule has 2 heterocycles. The number of furan rings is 1. The van der Waals surface area contributed by atoms with Gasteiger partial charge in [-0.25, -0.2) is 4.39 Å². The zero-order valence-electron chi connectivity index (χ0n) is 13.6. The zero-order valence-corrected chi connectivity index (χ0v) is 13.6. The number of aliphatic imine (C=N–C) groups is 1. The second-order valence-corrected chi connectivity index (χ2v) is 5.51. The SMILES string of the molecule is CN=C(NCCc1ccco1)NCCc1c[nH]c2ccc(F)cc12. The van der Waals surface area contributed by atoms with Crippen LogP contribution < -0.4 is 10.6 Å². The van der Waals surface area contributed by atoms with Gasteiger partial charge in [0, 0.05) is 43.7 Å². The summed E-state index contributed by atoms with van der Waals surface area (Å²) in [4.78, 5) is 7.36. The zero-order chi connectivity index (χ0) is 16.8. The summed E-state index contributed by atoms with van der Waals surface area (Å²) in [5.41, 5.74) is 2.04. The van der Waals surface area contributed by atoms with Crippen molar-refractivity contribution in [3.63, 3.8) is 0 Å². The highest BCUT2D eigenvalue weighted by Crippen LogP contribution is 2.19. The predicted molar refractivity (Wildman–Crippen MR) is 93.7 cm³/mol. The van der Waals surface area contributed by atoms with Crippen LogP contribution in [-0.4, -0.2) is 31.1 Å². The lowest BCUT2D eigenvalue weighted by Gasteiger charge is -2.11. The molecule has 5 nitrogen and oxygen atoms in total. The van der Waals surface area contributed by atoms with E-state index in [4.69, 9.17) is 4.42 Å². The largest absolute Gasteiger partial charge is 0.469 e. The molecule has 0 spiro atoms. The first-order chi connectivity index (χ1) is 11.8. The molecular formula is C18H21FN4O. The van der Waals surface area contributed by atoms with Gasteiger partial charge in [0.25, 0.3) is 0 Å². The minimum Gasteiger partial charge on any atom is -0.469 e. The van der Waals surface area contributed by atoms with E-state index in [2.05, 4.69) is 20.6 Å². The maximum Gasteiger partial charge on any atom is 0.191 e. The van der Waals surface area contributed by atoms with Gasteiger partial charge in [0.15, 0.2) is 5.96 Å². The first kappa shape index (κ1) is 16.1. The number of hydrogen-bond donors (Lipinski definition) is 3. The highest BCUT2D eigenvalue weighted by atomic mass is 19.1. The number of rotatable bonds is 6. The standard InChI is InChI=1S/C18H21FN4O/c1-20-18(22-9-7-15-3-2-10-24-15)21-8-6-13-12-23-17-5-4-14(19)11-16(13)17/h2-5,10-12,23H,6-9H2,1H3,(H2,20,21,22). The second kappa shape index (κ2) is 7.68. The van der Waals surface area contributed by atoms with Crippen LogP contribution in [0, 0.1) is 5.82 Å².